The predicted octanol–water partition coefficient (Wildman–Crippen LogP) is 3.39. The summed E-state index contributed by atoms with van der Waals surface area (Å²) >= 11 is 0. The molecule has 0 aliphatic rings. The monoisotopic (exact) mass is 341 g/mol. The molecule has 5 nitrogen and oxygen atoms in total. The van der Waals surface area contributed by atoms with Crippen LogP contribution in [0, 0.1) is 5.82 Å². The zero-order valence-electron chi connectivity index (χ0n) is 14.4. The van der Waals surface area contributed by atoms with Gasteiger partial charge in [-0.2, -0.15) is 0 Å². The molecule has 0 bridgehead atoms. The molecular weight excluding hydrogens is 321 g/mol. The third-order valence-corrected chi connectivity index (χ3v) is 4.15. The second-order valence-corrected chi connectivity index (χ2v) is 6.49. The Bertz CT molecular complexity index is 988. The van der Waals surface area contributed by atoms with Crippen LogP contribution >= 0.6 is 0 Å². The molecule has 0 radical (unpaired) electrons. The molecule has 2 heterocycles. The van der Waals surface area contributed by atoms with E-state index in [0.29, 0.717) is 17.8 Å². The molecule has 2 aromatic heterocycles. The van der Waals surface area contributed by atoms with Crippen LogP contribution in [0.15, 0.2) is 41.2 Å². The minimum atomic E-state index is -0.294. The fourth-order valence-electron chi connectivity index (χ4n) is 2.91. The Kier molecular flexibility index (Phi) is 4.44. The number of carbonyl (C=O) groups excluding carboxylic acids is 1. The van der Waals surface area contributed by atoms with Crippen molar-refractivity contribution in [2.45, 2.75) is 26.3 Å². The summed E-state index contributed by atoms with van der Waals surface area (Å²) in [6.45, 7) is 4.20. The number of aromatic nitrogens is 2. The lowest BCUT2D eigenvalue weighted by atomic mass is 10.0. The first-order valence-electron chi connectivity index (χ1n) is 8.11. The lowest BCUT2D eigenvalue weighted by Crippen LogP contribution is -2.28. The zero-order valence-corrected chi connectivity index (χ0v) is 14.4. The van der Waals surface area contributed by atoms with Crippen molar-refractivity contribution in [2.75, 3.05) is 7.05 Å². The highest BCUT2D eigenvalue weighted by atomic mass is 19.1. The molecule has 3 aromatic rings. The van der Waals surface area contributed by atoms with E-state index in [1.165, 1.54) is 18.2 Å². The summed E-state index contributed by atoms with van der Waals surface area (Å²) in [7, 11) is 1.70. The lowest BCUT2D eigenvalue weighted by Gasteiger charge is -2.19. The molecule has 0 fully saturated rings. The second-order valence-electron chi connectivity index (χ2n) is 6.49. The van der Waals surface area contributed by atoms with Gasteiger partial charge in [-0.1, -0.05) is 13.8 Å². The number of hydrogen-bond acceptors (Lipinski definition) is 2. The van der Waals surface area contributed by atoms with E-state index in [0.717, 1.165) is 16.6 Å². The first-order valence-corrected chi connectivity index (χ1v) is 8.11. The summed E-state index contributed by atoms with van der Waals surface area (Å²) in [6.07, 6.45) is 0. The molecular formula is C19H20FN3O2. The van der Waals surface area contributed by atoms with Crippen molar-refractivity contribution < 1.29 is 9.18 Å². The molecule has 6 heteroatoms. The van der Waals surface area contributed by atoms with E-state index in [2.05, 4.69) is 9.97 Å². The number of nitrogens with zero attached hydrogens (tertiary/aromatic N) is 1. The fraction of sp³-hybridized carbons (Fsp3) is 0.263. The highest BCUT2D eigenvalue weighted by Gasteiger charge is 2.19. The minimum absolute atomic E-state index is 0.0253. The predicted molar refractivity (Wildman–Crippen MR) is 95.2 cm³/mol. The molecule has 0 saturated carbocycles. The number of pyridine rings is 1. The highest BCUT2D eigenvalue weighted by molar-refractivity contribution is 5.95. The summed E-state index contributed by atoms with van der Waals surface area (Å²) in [5.41, 5.74) is 2.53. The molecule has 2 N–H and O–H groups in total. The Labute approximate surface area is 144 Å². The van der Waals surface area contributed by atoms with Gasteiger partial charge in [0.2, 0.25) is 5.56 Å². The average molecular weight is 341 g/mol. The Morgan fingerprint density at radius 3 is 2.64 bits per heavy atom. The molecule has 0 aliphatic heterocycles. The Hall–Kier alpha value is -2.89. The SMILES string of the molecule is CC(C)c1[nH]c(=O)ccc1C(=O)N(C)Cc1cc2cc(F)ccc2[nH]1. The first kappa shape index (κ1) is 17.0. The van der Waals surface area contributed by atoms with Crippen molar-refractivity contribution in [3.8, 4) is 0 Å². The summed E-state index contributed by atoms with van der Waals surface area (Å²) in [5.74, 6) is -0.445. The number of rotatable bonds is 4. The van der Waals surface area contributed by atoms with Crippen LogP contribution in [0.1, 0.15) is 41.5 Å². The van der Waals surface area contributed by atoms with Crippen LogP contribution in [0.4, 0.5) is 4.39 Å². The lowest BCUT2D eigenvalue weighted by molar-refractivity contribution is 0.0781. The number of fused-ring (bicyclic) bond motifs is 1. The summed E-state index contributed by atoms with van der Waals surface area (Å²) in [6, 6.07) is 9.28. The number of benzene rings is 1. The van der Waals surface area contributed by atoms with Crippen LogP contribution in [0.2, 0.25) is 0 Å². The Morgan fingerprint density at radius 2 is 1.92 bits per heavy atom. The van der Waals surface area contributed by atoms with Crippen molar-refractivity contribution >= 4 is 16.8 Å². The number of halogens is 1. The van der Waals surface area contributed by atoms with E-state index in [9.17, 15) is 14.0 Å². The van der Waals surface area contributed by atoms with Crippen molar-refractivity contribution in [2.24, 2.45) is 0 Å². The van der Waals surface area contributed by atoms with E-state index in [1.54, 1.807) is 24.1 Å². The van der Waals surface area contributed by atoms with Crippen molar-refractivity contribution in [3.63, 3.8) is 0 Å². The van der Waals surface area contributed by atoms with Gasteiger partial charge in [0.05, 0.1) is 12.1 Å². The largest absolute Gasteiger partial charge is 0.357 e. The number of amides is 1. The Balaban J connectivity index is 1.86. The van der Waals surface area contributed by atoms with Crippen molar-refractivity contribution in [1.29, 1.82) is 0 Å². The van der Waals surface area contributed by atoms with Gasteiger partial charge in [0.1, 0.15) is 5.82 Å². The maximum absolute atomic E-state index is 13.3. The minimum Gasteiger partial charge on any atom is -0.357 e. The summed E-state index contributed by atoms with van der Waals surface area (Å²) in [5, 5.41) is 0.766. The number of aromatic amines is 2. The van der Waals surface area contributed by atoms with Crippen molar-refractivity contribution in [3.05, 3.63) is 69.5 Å². The van der Waals surface area contributed by atoms with Gasteiger partial charge < -0.3 is 14.9 Å². The molecule has 1 aromatic carbocycles. The maximum atomic E-state index is 13.3. The zero-order chi connectivity index (χ0) is 18.1. The highest BCUT2D eigenvalue weighted by Crippen LogP contribution is 2.20. The van der Waals surface area contributed by atoms with E-state index >= 15 is 0 Å². The molecule has 0 saturated heterocycles. The number of carbonyl (C=O) groups is 1. The van der Waals surface area contributed by atoms with Crippen LogP contribution in [-0.4, -0.2) is 27.8 Å². The molecule has 0 unspecified atom stereocenters. The van der Waals surface area contributed by atoms with E-state index in [1.807, 2.05) is 19.9 Å². The quantitative estimate of drug-likeness (QED) is 0.764. The van der Waals surface area contributed by atoms with E-state index < -0.39 is 0 Å². The molecule has 3 rings (SSSR count). The second kappa shape index (κ2) is 6.55. The first-order chi connectivity index (χ1) is 11.8. The number of H-pyrrole nitrogens is 2. The van der Waals surface area contributed by atoms with Crippen LogP contribution in [0.5, 0.6) is 0 Å². The summed E-state index contributed by atoms with van der Waals surface area (Å²) in [4.78, 5) is 31.8. The molecule has 0 atom stereocenters. The van der Waals surface area contributed by atoms with Crippen LogP contribution in [-0.2, 0) is 6.54 Å². The number of hydrogen-bond donors (Lipinski definition) is 2. The Morgan fingerprint density at radius 1 is 1.16 bits per heavy atom. The molecule has 0 aliphatic carbocycles. The van der Waals surface area contributed by atoms with Gasteiger partial charge in [-0.3, -0.25) is 9.59 Å². The smallest absolute Gasteiger partial charge is 0.255 e. The van der Waals surface area contributed by atoms with Gasteiger partial charge in [0.25, 0.3) is 5.91 Å². The third-order valence-electron chi connectivity index (χ3n) is 4.15. The number of nitrogens with one attached hydrogen (secondary N) is 2. The van der Waals surface area contributed by atoms with E-state index in [4.69, 9.17) is 0 Å². The van der Waals surface area contributed by atoms with Crippen molar-refractivity contribution in [1.82, 2.24) is 14.9 Å². The van der Waals surface area contributed by atoms with Gasteiger partial charge in [0.15, 0.2) is 0 Å². The topological polar surface area (TPSA) is 69.0 Å². The van der Waals surface area contributed by atoms with Crippen LogP contribution < -0.4 is 5.56 Å². The van der Waals surface area contributed by atoms with Gasteiger partial charge in [-0.15, -0.1) is 0 Å². The van der Waals surface area contributed by atoms with Gasteiger partial charge >= 0.3 is 0 Å². The third kappa shape index (κ3) is 3.47. The van der Waals surface area contributed by atoms with Gasteiger partial charge in [-0.25, -0.2) is 4.39 Å². The molecule has 1 amide bonds. The van der Waals surface area contributed by atoms with Gasteiger partial charge in [0, 0.05) is 35.4 Å². The molecule has 0 spiro atoms. The van der Waals surface area contributed by atoms with E-state index in [-0.39, 0.29) is 23.2 Å². The normalized spacial score (nSPS) is 11.2. The maximum Gasteiger partial charge on any atom is 0.255 e. The molecule has 130 valence electrons. The standard InChI is InChI=1S/C19H20FN3O2/c1-11(2)18-15(5-7-17(24)22-18)19(25)23(3)10-14-9-12-8-13(20)4-6-16(12)21-14/h4-9,11,21H,10H2,1-3H3,(H,22,24). The fourth-order valence-corrected chi connectivity index (χ4v) is 2.91. The summed E-state index contributed by atoms with van der Waals surface area (Å²) < 4.78 is 13.3. The van der Waals surface area contributed by atoms with Crippen LogP contribution in [0.3, 0.4) is 0 Å². The molecule has 25 heavy (non-hydrogen) atoms. The van der Waals surface area contributed by atoms with Crippen LogP contribution in [0.25, 0.3) is 10.9 Å². The average Bonchev–Trinajstić information content (AvgIpc) is 2.95. The van der Waals surface area contributed by atoms with Gasteiger partial charge in [-0.05, 0) is 36.2 Å².